The fraction of sp³-hybridized carbons (Fsp3) is 1.00. The van der Waals surface area contributed by atoms with Gasteiger partial charge in [0, 0.05) is 5.94 Å². The minimum atomic E-state index is -1.24. The minimum absolute atomic E-state index is 0.194. The Labute approximate surface area is 62.6 Å². The second kappa shape index (κ2) is 4.71. The van der Waals surface area contributed by atoms with Gasteiger partial charge in [-0.1, -0.05) is 13.8 Å². The van der Waals surface area contributed by atoms with Crippen molar-refractivity contribution < 1.29 is 10.0 Å². The summed E-state index contributed by atoms with van der Waals surface area (Å²) in [6.07, 6.45) is 0.786. The fourth-order valence-electron chi connectivity index (χ4n) is 0.897. The van der Waals surface area contributed by atoms with Crippen molar-refractivity contribution >= 4 is 7.12 Å². The molecule has 0 amide bonds. The Bertz CT molecular complexity index is 87.8. The van der Waals surface area contributed by atoms with Crippen molar-refractivity contribution in [2.45, 2.75) is 26.2 Å². The van der Waals surface area contributed by atoms with E-state index in [-0.39, 0.29) is 5.94 Å². The summed E-state index contributed by atoms with van der Waals surface area (Å²) in [6.45, 7) is 4.10. The molecule has 4 heteroatoms. The first kappa shape index (κ1) is 9.94. The largest absolute Gasteiger partial charge is 0.469 e. The van der Waals surface area contributed by atoms with Gasteiger partial charge in [-0.05, 0) is 19.4 Å². The number of rotatable bonds is 4. The van der Waals surface area contributed by atoms with E-state index in [9.17, 15) is 0 Å². The lowest BCUT2D eigenvalue weighted by Gasteiger charge is -2.16. The first-order chi connectivity index (χ1) is 4.57. The van der Waals surface area contributed by atoms with Crippen molar-refractivity contribution in [1.29, 1.82) is 0 Å². The van der Waals surface area contributed by atoms with Gasteiger partial charge in [-0.2, -0.15) is 0 Å². The first-order valence-electron chi connectivity index (χ1n) is 3.61. The summed E-state index contributed by atoms with van der Waals surface area (Å²) in [5, 5.41) is 20.3. The quantitative estimate of drug-likeness (QED) is 0.473. The van der Waals surface area contributed by atoms with Gasteiger partial charge in [-0.15, -0.1) is 0 Å². The van der Waals surface area contributed by atoms with Crippen LogP contribution in [0.2, 0.25) is 0 Å². The lowest BCUT2D eigenvalue weighted by atomic mass is 9.75. The molecule has 0 aromatic carbocycles. The zero-order valence-electron chi connectivity index (χ0n) is 6.83. The molecule has 0 fully saturated rings. The Balaban J connectivity index is 3.60. The van der Waals surface area contributed by atoms with Crippen LogP contribution < -0.4 is 5.32 Å². The van der Waals surface area contributed by atoms with Gasteiger partial charge in [-0.25, -0.2) is 0 Å². The van der Waals surface area contributed by atoms with Gasteiger partial charge in [0.05, 0.1) is 0 Å². The third-order valence-electron chi connectivity index (χ3n) is 1.46. The van der Waals surface area contributed by atoms with Gasteiger partial charge in [0.15, 0.2) is 0 Å². The molecule has 60 valence electrons. The molecule has 0 saturated carbocycles. The molecular weight excluding hydrogens is 129 g/mol. The molecule has 0 rings (SSSR count). The van der Waals surface area contributed by atoms with Gasteiger partial charge < -0.3 is 15.4 Å². The lowest BCUT2D eigenvalue weighted by molar-refractivity contribution is 0.356. The standard InChI is InChI=1S/C6H16BNO2/c1-5(2)4-6(8-3)7(9)10/h5-6,8-10H,4H2,1-3H3. The van der Waals surface area contributed by atoms with Gasteiger partial charge in [0.2, 0.25) is 0 Å². The molecule has 0 heterocycles. The van der Waals surface area contributed by atoms with Gasteiger partial charge in [-0.3, -0.25) is 0 Å². The second-order valence-corrected chi connectivity index (χ2v) is 2.94. The highest BCUT2D eigenvalue weighted by Crippen LogP contribution is 2.04. The van der Waals surface area contributed by atoms with E-state index in [4.69, 9.17) is 10.0 Å². The highest BCUT2D eigenvalue weighted by atomic mass is 16.4. The van der Waals surface area contributed by atoms with Crippen LogP contribution in [0.5, 0.6) is 0 Å². The van der Waals surface area contributed by atoms with Crippen LogP contribution in [0.1, 0.15) is 20.3 Å². The van der Waals surface area contributed by atoms with Crippen LogP contribution in [0.3, 0.4) is 0 Å². The summed E-state index contributed by atoms with van der Waals surface area (Å²) in [6, 6.07) is 0. The van der Waals surface area contributed by atoms with E-state index >= 15 is 0 Å². The van der Waals surface area contributed by atoms with E-state index in [1.165, 1.54) is 0 Å². The lowest BCUT2D eigenvalue weighted by Crippen LogP contribution is -2.42. The average molecular weight is 145 g/mol. The minimum Gasteiger partial charge on any atom is -0.426 e. The van der Waals surface area contributed by atoms with E-state index in [1.54, 1.807) is 7.05 Å². The summed E-state index contributed by atoms with van der Waals surface area (Å²) in [5.41, 5.74) is 0. The summed E-state index contributed by atoms with van der Waals surface area (Å²) in [7, 11) is 0.486. The molecule has 3 N–H and O–H groups in total. The van der Waals surface area contributed by atoms with Gasteiger partial charge in [0.1, 0.15) is 0 Å². The van der Waals surface area contributed by atoms with Crippen molar-refractivity contribution in [2.24, 2.45) is 5.92 Å². The van der Waals surface area contributed by atoms with E-state index < -0.39 is 7.12 Å². The molecule has 0 bridgehead atoms. The Hall–Kier alpha value is -0.0551. The van der Waals surface area contributed by atoms with Crippen molar-refractivity contribution in [2.75, 3.05) is 7.05 Å². The zero-order valence-corrected chi connectivity index (χ0v) is 6.83. The zero-order chi connectivity index (χ0) is 8.15. The molecule has 3 nitrogen and oxygen atoms in total. The van der Waals surface area contributed by atoms with Crippen molar-refractivity contribution in [1.82, 2.24) is 5.32 Å². The summed E-state index contributed by atoms with van der Waals surface area (Å²) >= 11 is 0. The Kier molecular flexibility index (Phi) is 4.69. The monoisotopic (exact) mass is 145 g/mol. The molecule has 0 aromatic rings. The number of hydrogen-bond acceptors (Lipinski definition) is 3. The van der Waals surface area contributed by atoms with Crippen LogP contribution in [-0.4, -0.2) is 30.2 Å². The molecule has 1 unspecified atom stereocenters. The molecule has 0 aromatic heterocycles. The summed E-state index contributed by atoms with van der Waals surface area (Å²) < 4.78 is 0. The first-order valence-corrected chi connectivity index (χ1v) is 3.61. The molecule has 0 aliphatic rings. The van der Waals surface area contributed by atoms with Crippen molar-refractivity contribution in [3.05, 3.63) is 0 Å². The Morgan fingerprint density at radius 3 is 2.00 bits per heavy atom. The van der Waals surface area contributed by atoms with Gasteiger partial charge >= 0.3 is 7.12 Å². The Morgan fingerprint density at radius 2 is 1.90 bits per heavy atom. The maximum Gasteiger partial charge on any atom is 0.469 e. The maximum absolute atomic E-state index is 8.75. The maximum atomic E-state index is 8.75. The van der Waals surface area contributed by atoms with Crippen LogP contribution in [-0.2, 0) is 0 Å². The molecular formula is C6H16BNO2. The molecule has 0 spiro atoms. The summed E-state index contributed by atoms with van der Waals surface area (Å²) in [4.78, 5) is 0. The predicted molar refractivity (Wildman–Crippen MR) is 42.5 cm³/mol. The average Bonchev–Trinajstić information content (AvgIpc) is 1.81. The SMILES string of the molecule is CNC(CC(C)C)B(O)O. The normalized spacial score (nSPS) is 13.8. The second-order valence-electron chi connectivity index (χ2n) is 2.94. The third kappa shape index (κ3) is 3.87. The van der Waals surface area contributed by atoms with Gasteiger partial charge in [0.25, 0.3) is 0 Å². The smallest absolute Gasteiger partial charge is 0.426 e. The van der Waals surface area contributed by atoms with E-state index in [1.807, 2.05) is 13.8 Å². The highest BCUT2D eigenvalue weighted by Gasteiger charge is 2.21. The summed E-state index contributed by atoms with van der Waals surface area (Å²) in [5.74, 6) is 0.291. The predicted octanol–water partition coefficient (Wildman–Crippen LogP) is -0.367. The van der Waals surface area contributed by atoms with E-state index in [2.05, 4.69) is 5.32 Å². The fourth-order valence-corrected chi connectivity index (χ4v) is 0.897. The number of nitrogens with one attached hydrogen (secondary N) is 1. The topological polar surface area (TPSA) is 52.5 Å². The Morgan fingerprint density at radius 1 is 1.40 bits per heavy atom. The molecule has 0 aliphatic heterocycles. The van der Waals surface area contributed by atoms with Crippen LogP contribution in [0.4, 0.5) is 0 Å². The highest BCUT2D eigenvalue weighted by molar-refractivity contribution is 6.43. The molecule has 1 atom stereocenters. The third-order valence-corrected chi connectivity index (χ3v) is 1.46. The van der Waals surface area contributed by atoms with Crippen molar-refractivity contribution in [3.63, 3.8) is 0 Å². The van der Waals surface area contributed by atoms with Crippen molar-refractivity contribution in [3.8, 4) is 0 Å². The van der Waals surface area contributed by atoms with Crippen LogP contribution in [0.15, 0.2) is 0 Å². The van der Waals surface area contributed by atoms with E-state index in [0.717, 1.165) is 6.42 Å². The molecule has 0 radical (unpaired) electrons. The molecule has 0 aliphatic carbocycles. The van der Waals surface area contributed by atoms with Crippen LogP contribution in [0.25, 0.3) is 0 Å². The van der Waals surface area contributed by atoms with Crippen LogP contribution in [0, 0.1) is 5.92 Å². The number of hydrogen-bond donors (Lipinski definition) is 3. The molecule has 0 saturated heterocycles. The van der Waals surface area contributed by atoms with E-state index in [0.29, 0.717) is 5.92 Å². The molecule has 10 heavy (non-hydrogen) atoms. The van der Waals surface area contributed by atoms with Crippen LogP contribution >= 0.6 is 0 Å².